The Balaban J connectivity index is 2.67. The maximum atomic E-state index is 4.45. The summed E-state index contributed by atoms with van der Waals surface area (Å²) >= 11 is 2.24. The molecule has 60 valence electrons. The largest absolute Gasteiger partial charge is 0.241 e. The number of aromatic nitrogens is 1. The summed E-state index contributed by atoms with van der Waals surface area (Å²) in [4.78, 5) is 4.45. The van der Waals surface area contributed by atoms with Gasteiger partial charge in [0.05, 0.1) is 5.52 Å². The van der Waals surface area contributed by atoms with Crippen molar-refractivity contribution in [2.75, 3.05) is 0 Å². The Morgan fingerprint density at radius 1 is 1.08 bits per heavy atom. The number of nitrogens with zero attached hydrogens (tertiary/aromatic N) is 1. The molecule has 0 amide bonds. The van der Waals surface area contributed by atoms with E-state index in [0.29, 0.717) is 0 Å². The number of hydrogen-bond donors (Lipinski definition) is 0. The summed E-state index contributed by atoms with van der Waals surface area (Å²) in [5.74, 6) is 0. The normalized spacial score (nSPS) is 10.4. The number of benzene rings is 1. The molecule has 0 N–H and O–H groups in total. The molecule has 1 aromatic heterocycles. The SMILES string of the molecule is ISc1ccc2ccccc2n1. The van der Waals surface area contributed by atoms with Gasteiger partial charge >= 0.3 is 0 Å². The zero-order valence-corrected chi connectivity index (χ0v) is 9.17. The van der Waals surface area contributed by atoms with E-state index in [0.717, 1.165) is 10.5 Å². The summed E-state index contributed by atoms with van der Waals surface area (Å²) in [5, 5.41) is 2.26. The van der Waals surface area contributed by atoms with Gasteiger partial charge in [-0.05, 0) is 21.1 Å². The molecule has 0 saturated heterocycles. The summed E-state index contributed by atoms with van der Waals surface area (Å²) in [7, 11) is 1.64. The monoisotopic (exact) mass is 287 g/mol. The minimum Gasteiger partial charge on any atom is -0.241 e. The third kappa shape index (κ3) is 1.56. The van der Waals surface area contributed by atoms with Gasteiger partial charge in [-0.1, -0.05) is 24.3 Å². The van der Waals surface area contributed by atoms with E-state index in [4.69, 9.17) is 0 Å². The first-order chi connectivity index (χ1) is 5.90. The molecule has 2 rings (SSSR count). The van der Waals surface area contributed by atoms with Crippen LogP contribution in [0, 0.1) is 0 Å². The van der Waals surface area contributed by atoms with Crippen LogP contribution in [0.2, 0.25) is 0 Å². The van der Waals surface area contributed by atoms with E-state index in [9.17, 15) is 0 Å². The van der Waals surface area contributed by atoms with Gasteiger partial charge in [0, 0.05) is 26.6 Å². The van der Waals surface area contributed by atoms with Crippen molar-refractivity contribution in [3.63, 3.8) is 0 Å². The third-order valence-electron chi connectivity index (χ3n) is 1.65. The molecule has 0 fully saturated rings. The van der Waals surface area contributed by atoms with Gasteiger partial charge in [0.2, 0.25) is 0 Å². The first-order valence-corrected chi connectivity index (χ1v) is 6.90. The fourth-order valence-electron chi connectivity index (χ4n) is 1.09. The van der Waals surface area contributed by atoms with Crippen molar-refractivity contribution >= 4 is 41.0 Å². The topological polar surface area (TPSA) is 12.9 Å². The molecular formula is C9H6INS. The molecule has 0 unspecified atom stereocenters. The van der Waals surface area contributed by atoms with Crippen molar-refractivity contribution in [2.24, 2.45) is 0 Å². The van der Waals surface area contributed by atoms with Crippen molar-refractivity contribution in [1.29, 1.82) is 0 Å². The maximum Gasteiger partial charge on any atom is 0.107 e. The number of pyridine rings is 1. The minimum absolute atomic E-state index is 1.06. The maximum absolute atomic E-state index is 4.45. The summed E-state index contributed by atoms with van der Waals surface area (Å²) in [6.07, 6.45) is 0. The fraction of sp³-hybridized carbons (Fsp3) is 0. The van der Waals surface area contributed by atoms with Gasteiger partial charge < -0.3 is 0 Å². The highest BCUT2D eigenvalue weighted by molar-refractivity contribution is 14.2. The number of fused-ring (bicyclic) bond motifs is 1. The van der Waals surface area contributed by atoms with E-state index >= 15 is 0 Å². The molecule has 0 saturated carbocycles. The average molecular weight is 287 g/mol. The van der Waals surface area contributed by atoms with E-state index in [-0.39, 0.29) is 0 Å². The molecule has 0 atom stereocenters. The smallest absolute Gasteiger partial charge is 0.107 e. The standard InChI is InChI=1S/C9H6INS/c10-12-9-6-5-7-3-1-2-4-8(7)11-9/h1-6H. The Hall–Kier alpha value is -0.290. The Kier molecular flexibility index (Phi) is 2.51. The molecule has 1 aromatic carbocycles. The lowest BCUT2D eigenvalue weighted by Gasteiger charge is -1.97. The van der Waals surface area contributed by atoms with Gasteiger partial charge in [-0.3, -0.25) is 0 Å². The van der Waals surface area contributed by atoms with Gasteiger partial charge in [0.15, 0.2) is 0 Å². The molecule has 3 heteroatoms. The molecule has 2 aromatic rings. The lowest BCUT2D eigenvalue weighted by molar-refractivity contribution is 1.20. The van der Waals surface area contributed by atoms with Crippen molar-refractivity contribution in [1.82, 2.24) is 4.98 Å². The third-order valence-corrected chi connectivity index (χ3v) is 3.39. The van der Waals surface area contributed by atoms with Gasteiger partial charge in [-0.25, -0.2) is 4.98 Å². The zero-order chi connectivity index (χ0) is 8.39. The van der Waals surface area contributed by atoms with Crippen LogP contribution in [0.3, 0.4) is 0 Å². The lowest BCUT2D eigenvalue weighted by Crippen LogP contribution is -1.78. The van der Waals surface area contributed by atoms with Crippen LogP contribution >= 0.6 is 30.1 Å². The van der Waals surface area contributed by atoms with Gasteiger partial charge in [-0.15, -0.1) is 0 Å². The quantitative estimate of drug-likeness (QED) is 0.742. The number of hydrogen-bond acceptors (Lipinski definition) is 2. The molecule has 0 aliphatic carbocycles. The van der Waals surface area contributed by atoms with E-state index in [2.05, 4.69) is 38.3 Å². The van der Waals surface area contributed by atoms with E-state index < -0.39 is 0 Å². The molecule has 0 bridgehead atoms. The number of rotatable bonds is 1. The van der Waals surface area contributed by atoms with Crippen molar-refractivity contribution < 1.29 is 0 Å². The molecule has 0 aliphatic heterocycles. The second-order valence-corrected chi connectivity index (χ2v) is 4.31. The fourth-order valence-corrected chi connectivity index (χ4v) is 2.08. The predicted molar refractivity (Wildman–Crippen MR) is 61.6 cm³/mol. The highest BCUT2D eigenvalue weighted by Crippen LogP contribution is 2.24. The van der Waals surface area contributed by atoms with Crippen molar-refractivity contribution in [3.8, 4) is 0 Å². The van der Waals surface area contributed by atoms with Gasteiger partial charge in [0.1, 0.15) is 5.03 Å². The predicted octanol–water partition coefficient (Wildman–Crippen LogP) is 3.68. The Morgan fingerprint density at radius 2 is 1.92 bits per heavy atom. The van der Waals surface area contributed by atoms with Crippen LogP contribution in [0.25, 0.3) is 10.9 Å². The minimum atomic E-state index is 1.06. The van der Waals surface area contributed by atoms with Crippen molar-refractivity contribution in [3.05, 3.63) is 36.4 Å². The number of para-hydroxylation sites is 1. The van der Waals surface area contributed by atoms with Crippen LogP contribution in [0.5, 0.6) is 0 Å². The number of halogens is 1. The molecule has 1 nitrogen and oxygen atoms in total. The first kappa shape index (κ1) is 8.31. The zero-order valence-electron chi connectivity index (χ0n) is 6.20. The van der Waals surface area contributed by atoms with Crippen LogP contribution in [0.1, 0.15) is 0 Å². The second kappa shape index (κ2) is 3.62. The van der Waals surface area contributed by atoms with Gasteiger partial charge in [-0.2, -0.15) is 0 Å². The lowest BCUT2D eigenvalue weighted by atomic mass is 10.2. The molecule has 12 heavy (non-hydrogen) atoms. The molecule has 0 radical (unpaired) electrons. The van der Waals surface area contributed by atoms with E-state index in [1.165, 1.54) is 5.39 Å². The molecular weight excluding hydrogens is 281 g/mol. The Labute approximate surface area is 87.2 Å². The summed E-state index contributed by atoms with van der Waals surface area (Å²) in [6.45, 7) is 0. The summed E-state index contributed by atoms with van der Waals surface area (Å²) in [6, 6.07) is 12.3. The van der Waals surface area contributed by atoms with Crippen molar-refractivity contribution in [2.45, 2.75) is 5.03 Å². The van der Waals surface area contributed by atoms with Crippen LogP contribution < -0.4 is 0 Å². The van der Waals surface area contributed by atoms with E-state index in [1.807, 2.05) is 24.3 Å². The first-order valence-electron chi connectivity index (χ1n) is 3.54. The van der Waals surface area contributed by atoms with Gasteiger partial charge in [0.25, 0.3) is 0 Å². The second-order valence-electron chi connectivity index (χ2n) is 2.42. The Bertz CT molecular complexity index is 402. The molecule has 1 heterocycles. The van der Waals surface area contributed by atoms with Crippen LogP contribution in [-0.2, 0) is 0 Å². The van der Waals surface area contributed by atoms with Crippen LogP contribution in [0.4, 0.5) is 0 Å². The molecule has 0 aliphatic rings. The highest BCUT2D eigenvalue weighted by atomic mass is 127. The Morgan fingerprint density at radius 3 is 2.75 bits per heavy atom. The summed E-state index contributed by atoms with van der Waals surface area (Å²) < 4.78 is 0. The summed E-state index contributed by atoms with van der Waals surface area (Å²) in [5.41, 5.74) is 1.07. The van der Waals surface area contributed by atoms with Crippen LogP contribution in [-0.4, -0.2) is 4.98 Å². The highest BCUT2D eigenvalue weighted by Gasteiger charge is 1.95. The van der Waals surface area contributed by atoms with Crippen LogP contribution in [0.15, 0.2) is 41.4 Å². The van der Waals surface area contributed by atoms with E-state index in [1.54, 1.807) is 8.93 Å². The molecule has 0 spiro atoms. The average Bonchev–Trinajstić information content (AvgIpc) is 2.17.